The zero-order chi connectivity index (χ0) is 17.3. The third-order valence-electron chi connectivity index (χ3n) is 5.63. The van der Waals surface area contributed by atoms with Gasteiger partial charge in [-0.3, -0.25) is 9.88 Å². The number of para-hydroxylation sites is 1. The van der Waals surface area contributed by atoms with E-state index in [2.05, 4.69) is 67.1 Å². The average Bonchev–Trinajstić information content (AvgIpc) is 2.68. The van der Waals surface area contributed by atoms with Crippen LogP contribution in [0, 0.1) is 0 Å². The number of aromatic nitrogens is 2. The van der Waals surface area contributed by atoms with Gasteiger partial charge < -0.3 is 9.80 Å². The zero-order valence-electron chi connectivity index (χ0n) is 14.8. The van der Waals surface area contributed by atoms with Crippen molar-refractivity contribution in [1.82, 2.24) is 14.9 Å². The van der Waals surface area contributed by atoms with Crippen molar-refractivity contribution in [1.29, 1.82) is 0 Å². The normalized spacial score (nSPS) is 18.9. The van der Waals surface area contributed by atoms with Gasteiger partial charge in [-0.2, -0.15) is 0 Å². The molecule has 0 bridgehead atoms. The van der Waals surface area contributed by atoms with Crippen LogP contribution >= 0.6 is 0 Å². The molecule has 5 heteroatoms. The Balaban J connectivity index is 1.21. The molecule has 5 nitrogen and oxygen atoms in total. The van der Waals surface area contributed by atoms with Crippen LogP contribution in [-0.4, -0.2) is 60.2 Å². The maximum absolute atomic E-state index is 4.48. The van der Waals surface area contributed by atoms with Crippen molar-refractivity contribution in [2.75, 3.05) is 49.1 Å². The second kappa shape index (κ2) is 6.57. The van der Waals surface area contributed by atoms with Gasteiger partial charge in [0.25, 0.3) is 0 Å². The van der Waals surface area contributed by atoms with Crippen molar-refractivity contribution in [2.45, 2.75) is 6.04 Å². The van der Waals surface area contributed by atoms with E-state index in [0.717, 1.165) is 50.6 Å². The van der Waals surface area contributed by atoms with Crippen LogP contribution in [0.1, 0.15) is 0 Å². The topological polar surface area (TPSA) is 35.5 Å². The van der Waals surface area contributed by atoms with Gasteiger partial charge in [-0.05, 0) is 24.3 Å². The minimum atomic E-state index is 0.660. The van der Waals surface area contributed by atoms with Crippen LogP contribution in [0.25, 0.3) is 10.9 Å². The molecule has 4 heterocycles. The number of fused-ring (bicyclic) bond motifs is 1. The van der Waals surface area contributed by atoms with Crippen LogP contribution < -0.4 is 9.80 Å². The van der Waals surface area contributed by atoms with E-state index in [-0.39, 0.29) is 0 Å². The second-order valence-corrected chi connectivity index (χ2v) is 7.12. The van der Waals surface area contributed by atoms with Gasteiger partial charge in [-0.1, -0.05) is 24.3 Å². The summed E-state index contributed by atoms with van der Waals surface area (Å²) >= 11 is 0. The smallest absolute Gasteiger partial charge is 0.128 e. The molecule has 2 aliphatic rings. The standard InChI is InChI=1S/C21H23N5/c1-2-6-19-18(5-1)20(8-10-22-19)26-15-17(16-26)24-11-13-25(14-12-24)21-7-3-4-9-23-21/h1-10,17H,11-16H2. The summed E-state index contributed by atoms with van der Waals surface area (Å²) in [6.45, 7) is 6.57. The summed E-state index contributed by atoms with van der Waals surface area (Å²) in [6, 6.07) is 17.4. The monoisotopic (exact) mass is 345 g/mol. The molecule has 0 N–H and O–H groups in total. The third-order valence-corrected chi connectivity index (χ3v) is 5.63. The van der Waals surface area contributed by atoms with Crippen molar-refractivity contribution in [3.63, 3.8) is 0 Å². The van der Waals surface area contributed by atoms with Gasteiger partial charge in [-0.15, -0.1) is 0 Å². The fourth-order valence-corrected chi connectivity index (χ4v) is 4.10. The molecule has 0 saturated carbocycles. The van der Waals surface area contributed by atoms with Gasteiger partial charge in [0.1, 0.15) is 5.82 Å². The Morgan fingerprint density at radius 3 is 2.35 bits per heavy atom. The van der Waals surface area contributed by atoms with Crippen LogP contribution in [0.15, 0.2) is 60.9 Å². The van der Waals surface area contributed by atoms with E-state index in [1.807, 2.05) is 18.5 Å². The summed E-state index contributed by atoms with van der Waals surface area (Å²) in [4.78, 5) is 16.5. The lowest BCUT2D eigenvalue weighted by Crippen LogP contribution is -2.63. The minimum Gasteiger partial charge on any atom is -0.368 e. The molecule has 3 aromatic rings. The lowest BCUT2D eigenvalue weighted by atomic mass is 10.0. The fraction of sp³-hybridized carbons (Fsp3) is 0.333. The van der Waals surface area contributed by atoms with Crippen LogP contribution in [0.4, 0.5) is 11.5 Å². The van der Waals surface area contributed by atoms with Crippen molar-refractivity contribution < 1.29 is 0 Å². The first kappa shape index (κ1) is 15.6. The minimum absolute atomic E-state index is 0.660. The molecule has 26 heavy (non-hydrogen) atoms. The third kappa shape index (κ3) is 2.78. The van der Waals surface area contributed by atoms with Gasteiger partial charge in [-0.25, -0.2) is 4.98 Å². The van der Waals surface area contributed by atoms with E-state index in [4.69, 9.17) is 0 Å². The summed E-state index contributed by atoms with van der Waals surface area (Å²) in [5, 5.41) is 1.26. The van der Waals surface area contributed by atoms with Crippen molar-refractivity contribution >= 4 is 22.4 Å². The van der Waals surface area contributed by atoms with Crippen molar-refractivity contribution in [3.8, 4) is 0 Å². The molecule has 0 atom stereocenters. The highest BCUT2D eigenvalue weighted by Crippen LogP contribution is 2.30. The number of benzene rings is 1. The maximum atomic E-state index is 4.48. The number of piperazine rings is 1. The Kier molecular flexibility index (Phi) is 3.94. The molecule has 0 radical (unpaired) electrons. The predicted molar refractivity (Wildman–Crippen MR) is 106 cm³/mol. The SMILES string of the molecule is c1ccc(N2CCN(C3CN(c4ccnc5ccccc45)C3)CC2)nc1. The summed E-state index contributed by atoms with van der Waals surface area (Å²) in [7, 11) is 0. The first-order valence-electron chi connectivity index (χ1n) is 9.37. The Morgan fingerprint density at radius 1 is 0.731 bits per heavy atom. The molecule has 0 unspecified atom stereocenters. The van der Waals surface area contributed by atoms with Gasteiger partial charge in [0.05, 0.1) is 5.52 Å². The molecule has 2 fully saturated rings. The van der Waals surface area contributed by atoms with Crippen LogP contribution in [-0.2, 0) is 0 Å². The molecule has 0 spiro atoms. The molecule has 1 aromatic carbocycles. The first-order valence-corrected chi connectivity index (χ1v) is 9.37. The number of pyridine rings is 2. The van der Waals surface area contributed by atoms with E-state index in [1.54, 1.807) is 0 Å². The van der Waals surface area contributed by atoms with Gasteiger partial charge in [0, 0.05) is 68.8 Å². The number of rotatable bonds is 3. The van der Waals surface area contributed by atoms with Gasteiger partial charge in [0.15, 0.2) is 0 Å². The molecular formula is C21H23N5. The average molecular weight is 345 g/mol. The second-order valence-electron chi connectivity index (χ2n) is 7.12. The largest absolute Gasteiger partial charge is 0.368 e. The van der Waals surface area contributed by atoms with Crippen LogP contribution in [0.2, 0.25) is 0 Å². The zero-order valence-corrected chi connectivity index (χ0v) is 14.8. The van der Waals surface area contributed by atoms with E-state index in [1.165, 1.54) is 11.1 Å². The van der Waals surface area contributed by atoms with E-state index in [0.29, 0.717) is 6.04 Å². The molecular weight excluding hydrogens is 322 g/mol. The molecule has 0 amide bonds. The Bertz CT molecular complexity index is 878. The molecule has 0 aliphatic carbocycles. The number of anilines is 2. The summed E-state index contributed by atoms with van der Waals surface area (Å²) in [5.41, 5.74) is 2.40. The summed E-state index contributed by atoms with van der Waals surface area (Å²) < 4.78 is 0. The van der Waals surface area contributed by atoms with E-state index < -0.39 is 0 Å². The maximum Gasteiger partial charge on any atom is 0.128 e. The molecule has 2 saturated heterocycles. The molecule has 2 aromatic heterocycles. The number of nitrogens with zero attached hydrogens (tertiary/aromatic N) is 5. The lowest BCUT2D eigenvalue weighted by Gasteiger charge is -2.49. The van der Waals surface area contributed by atoms with Crippen molar-refractivity contribution in [2.24, 2.45) is 0 Å². The first-order chi connectivity index (χ1) is 12.9. The molecule has 132 valence electrons. The van der Waals surface area contributed by atoms with Crippen LogP contribution in [0.3, 0.4) is 0 Å². The fourth-order valence-electron chi connectivity index (χ4n) is 4.10. The highest BCUT2D eigenvalue weighted by molar-refractivity contribution is 5.91. The van der Waals surface area contributed by atoms with Gasteiger partial charge in [0.2, 0.25) is 0 Å². The van der Waals surface area contributed by atoms with Crippen LogP contribution in [0.5, 0.6) is 0 Å². The highest BCUT2D eigenvalue weighted by Gasteiger charge is 2.34. The van der Waals surface area contributed by atoms with E-state index in [9.17, 15) is 0 Å². The highest BCUT2D eigenvalue weighted by atomic mass is 15.4. The number of hydrogen-bond donors (Lipinski definition) is 0. The predicted octanol–water partition coefficient (Wildman–Crippen LogP) is 2.64. The van der Waals surface area contributed by atoms with Crippen molar-refractivity contribution in [3.05, 3.63) is 60.9 Å². The quantitative estimate of drug-likeness (QED) is 0.729. The lowest BCUT2D eigenvalue weighted by molar-refractivity contribution is 0.157. The Morgan fingerprint density at radius 2 is 1.54 bits per heavy atom. The number of hydrogen-bond acceptors (Lipinski definition) is 5. The summed E-state index contributed by atoms with van der Waals surface area (Å²) in [5.74, 6) is 1.10. The van der Waals surface area contributed by atoms with E-state index >= 15 is 0 Å². The Labute approximate surface area is 153 Å². The molecule has 5 rings (SSSR count). The summed E-state index contributed by atoms with van der Waals surface area (Å²) in [6.07, 6.45) is 3.81. The molecule has 2 aliphatic heterocycles. The van der Waals surface area contributed by atoms with Gasteiger partial charge >= 0.3 is 0 Å². The Hall–Kier alpha value is -2.66.